The van der Waals surface area contributed by atoms with E-state index in [1.54, 1.807) is 37.3 Å². The lowest BCUT2D eigenvalue weighted by atomic mass is 10.2. The molecule has 1 aromatic carbocycles. The highest BCUT2D eigenvalue weighted by molar-refractivity contribution is 7.13. The summed E-state index contributed by atoms with van der Waals surface area (Å²) in [5.74, 6) is 1.05. The average molecular weight is 450 g/mol. The molecular weight excluding hydrogens is 426 g/mol. The van der Waals surface area contributed by atoms with Crippen molar-refractivity contribution >= 4 is 23.1 Å². The van der Waals surface area contributed by atoms with E-state index in [1.807, 2.05) is 17.5 Å². The van der Waals surface area contributed by atoms with Gasteiger partial charge < -0.3 is 10.1 Å². The van der Waals surface area contributed by atoms with E-state index in [1.165, 1.54) is 22.1 Å². The zero-order valence-electron chi connectivity index (χ0n) is 17.8. The summed E-state index contributed by atoms with van der Waals surface area (Å²) in [7, 11) is 0. The minimum atomic E-state index is -0.306. The van der Waals surface area contributed by atoms with Crippen LogP contribution in [0.5, 0.6) is 5.75 Å². The van der Waals surface area contributed by atoms with Crippen LogP contribution < -0.4 is 15.6 Å². The van der Waals surface area contributed by atoms with Gasteiger partial charge in [-0.3, -0.25) is 14.6 Å². The number of ether oxygens (including phenoxy) is 1. The third-order valence-electron chi connectivity index (χ3n) is 4.67. The summed E-state index contributed by atoms with van der Waals surface area (Å²) in [6.07, 6.45) is 2.04. The summed E-state index contributed by atoms with van der Waals surface area (Å²) >= 11 is 1.53. The van der Waals surface area contributed by atoms with Gasteiger partial charge in [0.15, 0.2) is 0 Å². The Kier molecular flexibility index (Phi) is 6.46. The summed E-state index contributed by atoms with van der Waals surface area (Å²) in [6, 6.07) is 14.0. The first-order valence-corrected chi connectivity index (χ1v) is 11.2. The predicted molar refractivity (Wildman–Crippen MR) is 125 cm³/mol. The average Bonchev–Trinajstić information content (AvgIpc) is 3.44. The number of carbonyl (C=O) groups is 1. The number of aryl methyl sites for hydroxylation is 1. The molecule has 32 heavy (non-hydrogen) atoms. The molecule has 3 heterocycles. The summed E-state index contributed by atoms with van der Waals surface area (Å²) in [6.45, 7) is 4.48. The maximum absolute atomic E-state index is 12.9. The Morgan fingerprint density at radius 1 is 1.22 bits per heavy atom. The SMILES string of the molecule is CCCCOc1ccc(C(=O)Nc2cc(-c3cccs3)nn2-c2nc(C)cc(=O)[nH]2)cc1. The summed E-state index contributed by atoms with van der Waals surface area (Å²) in [5, 5.41) is 9.40. The molecule has 0 unspecified atom stereocenters. The smallest absolute Gasteiger partial charge is 0.256 e. The molecule has 0 radical (unpaired) electrons. The van der Waals surface area contributed by atoms with E-state index < -0.39 is 0 Å². The lowest BCUT2D eigenvalue weighted by Gasteiger charge is -2.09. The van der Waals surface area contributed by atoms with Crippen LogP contribution in [0.1, 0.15) is 35.8 Å². The molecule has 0 spiro atoms. The maximum atomic E-state index is 12.9. The number of nitrogens with one attached hydrogen (secondary N) is 2. The standard InChI is InChI=1S/C23H23N5O3S/c1-3-4-11-31-17-9-7-16(8-10-17)22(30)25-20-14-18(19-6-5-12-32-19)27-28(20)23-24-15(2)13-21(29)26-23/h5-10,12-14H,3-4,11H2,1-2H3,(H,25,30)(H,24,26,29). The van der Waals surface area contributed by atoms with Crippen LogP contribution >= 0.6 is 11.3 Å². The molecule has 3 aromatic heterocycles. The van der Waals surface area contributed by atoms with Gasteiger partial charge in [-0.15, -0.1) is 11.3 Å². The highest BCUT2D eigenvalue weighted by Crippen LogP contribution is 2.27. The van der Waals surface area contributed by atoms with Gasteiger partial charge in [-0.05, 0) is 49.1 Å². The molecule has 0 aliphatic carbocycles. The number of hydrogen-bond donors (Lipinski definition) is 2. The van der Waals surface area contributed by atoms with Crippen molar-refractivity contribution in [2.24, 2.45) is 0 Å². The molecule has 9 heteroatoms. The van der Waals surface area contributed by atoms with Crippen molar-refractivity contribution in [2.75, 3.05) is 11.9 Å². The van der Waals surface area contributed by atoms with E-state index in [-0.39, 0.29) is 17.4 Å². The zero-order chi connectivity index (χ0) is 22.5. The highest BCUT2D eigenvalue weighted by Gasteiger charge is 2.17. The van der Waals surface area contributed by atoms with Gasteiger partial charge in [-0.1, -0.05) is 19.4 Å². The van der Waals surface area contributed by atoms with E-state index >= 15 is 0 Å². The van der Waals surface area contributed by atoms with E-state index in [4.69, 9.17) is 4.74 Å². The molecule has 0 bridgehead atoms. The van der Waals surface area contributed by atoms with Crippen LogP contribution in [0.3, 0.4) is 0 Å². The normalized spacial score (nSPS) is 10.8. The van der Waals surface area contributed by atoms with E-state index in [0.29, 0.717) is 29.4 Å². The molecule has 4 aromatic rings. The molecular formula is C23H23N5O3S. The van der Waals surface area contributed by atoms with Crippen LogP contribution in [0, 0.1) is 6.92 Å². The van der Waals surface area contributed by atoms with Crippen molar-refractivity contribution in [3.8, 4) is 22.3 Å². The second-order valence-corrected chi connectivity index (χ2v) is 8.14. The summed E-state index contributed by atoms with van der Waals surface area (Å²) in [5.41, 5.74) is 1.40. The van der Waals surface area contributed by atoms with Gasteiger partial charge in [0.2, 0.25) is 5.95 Å². The summed E-state index contributed by atoms with van der Waals surface area (Å²) in [4.78, 5) is 32.9. The molecule has 1 amide bonds. The largest absolute Gasteiger partial charge is 0.494 e. The van der Waals surface area contributed by atoms with Gasteiger partial charge >= 0.3 is 0 Å². The molecule has 164 valence electrons. The molecule has 8 nitrogen and oxygen atoms in total. The number of carbonyl (C=O) groups excluding carboxylic acids is 1. The summed E-state index contributed by atoms with van der Waals surface area (Å²) < 4.78 is 7.09. The Balaban J connectivity index is 1.62. The fourth-order valence-electron chi connectivity index (χ4n) is 3.07. The first kappa shape index (κ1) is 21.5. The number of nitrogens with zero attached hydrogens (tertiary/aromatic N) is 3. The number of unbranched alkanes of at least 4 members (excludes halogenated alkanes) is 1. The van der Waals surface area contributed by atoms with Crippen LogP contribution in [0.2, 0.25) is 0 Å². The second-order valence-electron chi connectivity index (χ2n) is 7.19. The molecule has 0 saturated heterocycles. The van der Waals surface area contributed by atoms with Crippen molar-refractivity contribution in [3.63, 3.8) is 0 Å². The quantitative estimate of drug-likeness (QED) is 0.388. The van der Waals surface area contributed by atoms with Crippen LogP contribution in [-0.2, 0) is 0 Å². The van der Waals surface area contributed by atoms with E-state index in [0.717, 1.165) is 23.5 Å². The van der Waals surface area contributed by atoms with Crippen molar-refractivity contribution in [3.05, 3.63) is 75.5 Å². The van der Waals surface area contributed by atoms with Gasteiger partial charge in [0, 0.05) is 23.4 Å². The van der Waals surface area contributed by atoms with Gasteiger partial charge in [0.05, 0.1) is 11.5 Å². The number of amides is 1. The number of rotatable bonds is 8. The first-order chi connectivity index (χ1) is 15.5. The molecule has 0 atom stereocenters. The molecule has 0 aliphatic rings. The highest BCUT2D eigenvalue weighted by atomic mass is 32.1. The number of aromatic amines is 1. The number of benzene rings is 1. The molecule has 0 saturated carbocycles. The third kappa shape index (κ3) is 4.94. The van der Waals surface area contributed by atoms with Crippen molar-refractivity contribution in [1.29, 1.82) is 0 Å². The number of H-pyrrole nitrogens is 1. The monoisotopic (exact) mass is 449 g/mol. The van der Waals surface area contributed by atoms with Crippen molar-refractivity contribution in [1.82, 2.24) is 19.7 Å². The Hall–Kier alpha value is -3.72. The number of anilines is 1. The predicted octanol–water partition coefficient (Wildman–Crippen LogP) is 4.42. The molecule has 2 N–H and O–H groups in total. The molecule has 0 fully saturated rings. The Morgan fingerprint density at radius 3 is 2.72 bits per heavy atom. The van der Waals surface area contributed by atoms with Gasteiger partial charge in [-0.25, -0.2) is 4.98 Å². The van der Waals surface area contributed by atoms with Crippen LogP contribution in [0.25, 0.3) is 16.5 Å². The second kappa shape index (κ2) is 9.61. The maximum Gasteiger partial charge on any atom is 0.256 e. The molecule has 4 rings (SSSR count). The van der Waals surface area contributed by atoms with E-state index in [2.05, 4.69) is 27.3 Å². The lowest BCUT2D eigenvalue weighted by molar-refractivity contribution is 0.102. The van der Waals surface area contributed by atoms with Gasteiger partial charge in [-0.2, -0.15) is 9.78 Å². The van der Waals surface area contributed by atoms with Crippen LogP contribution in [0.4, 0.5) is 5.82 Å². The molecule has 0 aliphatic heterocycles. The van der Waals surface area contributed by atoms with Crippen molar-refractivity contribution < 1.29 is 9.53 Å². The van der Waals surface area contributed by atoms with Crippen molar-refractivity contribution in [2.45, 2.75) is 26.7 Å². The van der Waals surface area contributed by atoms with Crippen LogP contribution in [0.15, 0.2) is 58.7 Å². The Morgan fingerprint density at radius 2 is 2.03 bits per heavy atom. The third-order valence-corrected chi connectivity index (χ3v) is 5.56. The lowest BCUT2D eigenvalue weighted by Crippen LogP contribution is -2.18. The fourth-order valence-corrected chi connectivity index (χ4v) is 3.75. The van der Waals surface area contributed by atoms with Gasteiger partial charge in [0.25, 0.3) is 11.5 Å². The Labute approximate surface area is 188 Å². The van der Waals surface area contributed by atoms with Crippen LogP contribution in [-0.4, -0.2) is 32.3 Å². The zero-order valence-corrected chi connectivity index (χ0v) is 18.6. The number of aromatic nitrogens is 4. The number of hydrogen-bond acceptors (Lipinski definition) is 6. The fraction of sp³-hybridized carbons (Fsp3) is 0.217. The minimum absolute atomic E-state index is 0.229. The number of thiophene rings is 1. The van der Waals surface area contributed by atoms with E-state index in [9.17, 15) is 9.59 Å². The first-order valence-electron chi connectivity index (χ1n) is 10.3. The Bertz CT molecular complexity index is 1260. The van der Waals surface area contributed by atoms with Gasteiger partial charge in [0.1, 0.15) is 17.3 Å². The minimum Gasteiger partial charge on any atom is -0.494 e. The topological polar surface area (TPSA) is 102 Å².